The molecule has 1 N–H and O–H groups in total. The Bertz CT molecular complexity index is 562. The zero-order valence-electron chi connectivity index (χ0n) is 18.8. The van der Waals surface area contributed by atoms with Crippen molar-refractivity contribution in [3.63, 3.8) is 0 Å². The molecule has 0 radical (unpaired) electrons. The summed E-state index contributed by atoms with van der Waals surface area (Å²) in [5.41, 5.74) is 2.54. The second-order valence-electron chi connectivity index (χ2n) is 8.63. The summed E-state index contributed by atoms with van der Waals surface area (Å²) in [6, 6.07) is 8.44. The van der Waals surface area contributed by atoms with E-state index in [9.17, 15) is 4.79 Å². The quantitative estimate of drug-likeness (QED) is 0.596. The third kappa shape index (κ3) is 9.66. The zero-order chi connectivity index (χ0) is 20.7. The van der Waals surface area contributed by atoms with E-state index in [-0.39, 0.29) is 11.8 Å². The topological polar surface area (TPSA) is 41.6 Å². The van der Waals surface area contributed by atoms with E-state index < -0.39 is 0 Å². The SMILES string of the molecule is CN(C)c1ccccc1CCOCCNC(=O)C1CCCCCCCCCCC1. The number of rotatable bonds is 8. The van der Waals surface area contributed by atoms with E-state index in [1.165, 1.54) is 69.0 Å². The summed E-state index contributed by atoms with van der Waals surface area (Å²) in [6.07, 6.45) is 14.7. The number of hydrogen-bond donors (Lipinski definition) is 1. The van der Waals surface area contributed by atoms with Gasteiger partial charge in [-0.15, -0.1) is 0 Å². The molecular weight excluding hydrogens is 360 g/mol. The van der Waals surface area contributed by atoms with Crippen molar-refractivity contribution >= 4 is 11.6 Å². The fourth-order valence-electron chi connectivity index (χ4n) is 4.26. The van der Waals surface area contributed by atoms with Crippen molar-refractivity contribution in [2.45, 2.75) is 77.0 Å². The maximum absolute atomic E-state index is 12.6. The van der Waals surface area contributed by atoms with Crippen LogP contribution in [0, 0.1) is 5.92 Å². The van der Waals surface area contributed by atoms with Gasteiger partial charge in [0.05, 0.1) is 13.2 Å². The van der Waals surface area contributed by atoms with E-state index >= 15 is 0 Å². The molecule has 164 valence electrons. The maximum Gasteiger partial charge on any atom is 0.223 e. The number of nitrogens with one attached hydrogen (secondary N) is 1. The first-order valence-corrected chi connectivity index (χ1v) is 11.8. The first-order chi connectivity index (χ1) is 14.2. The minimum absolute atomic E-state index is 0.196. The van der Waals surface area contributed by atoms with E-state index in [4.69, 9.17) is 4.74 Å². The number of anilines is 1. The minimum Gasteiger partial charge on any atom is -0.379 e. The van der Waals surface area contributed by atoms with Crippen LogP contribution < -0.4 is 10.2 Å². The predicted molar refractivity (Wildman–Crippen MR) is 123 cm³/mol. The van der Waals surface area contributed by atoms with Crippen molar-refractivity contribution in [1.82, 2.24) is 5.32 Å². The van der Waals surface area contributed by atoms with Crippen molar-refractivity contribution in [2.75, 3.05) is 38.8 Å². The van der Waals surface area contributed by atoms with Gasteiger partial charge in [0.2, 0.25) is 5.91 Å². The van der Waals surface area contributed by atoms with Crippen LogP contribution in [0.2, 0.25) is 0 Å². The number of benzene rings is 1. The lowest BCUT2D eigenvalue weighted by Gasteiger charge is -2.18. The number of hydrogen-bond acceptors (Lipinski definition) is 3. The summed E-state index contributed by atoms with van der Waals surface area (Å²) >= 11 is 0. The molecule has 1 amide bonds. The standard InChI is InChI=1S/C25H42N2O2/c1-27(2)24-17-13-12-14-22(24)18-20-29-21-19-26-25(28)23-15-10-8-6-4-3-5-7-9-11-16-23/h12-14,17,23H,3-11,15-16,18-21H2,1-2H3,(H,26,28). The highest BCUT2D eigenvalue weighted by molar-refractivity contribution is 5.78. The fraction of sp³-hybridized carbons (Fsp3) is 0.720. The molecule has 1 aromatic rings. The summed E-state index contributed by atoms with van der Waals surface area (Å²) in [4.78, 5) is 14.8. The molecule has 0 aromatic heterocycles. The van der Waals surface area contributed by atoms with Crippen molar-refractivity contribution in [3.8, 4) is 0 Å². The van der Waals surface area contributed by atoms with Gasteiger partial charge < -0.3 is 15.0 Å². The van der Waals surface area contributed by atoms with E-state index in [1.807, 2.05) is 0 Å². The molecule has 4 heteroatoms. The van der Waals surface area contributed by atoms with E-state index in [1.54, 1.807) is 0 Å². The molecule has 0 aliphatic heterocycles. The Hall–Kier alpha value is -1.55. The van der Waals surface area contributed by atoms with Gasteiger partial charge in [-0.3, -0.25) is 4.79 Å². The Labute approximate surface area is 178 Å². The van der Waals surface area contributed by atoms with Crippen molar-refractivity contribution < 1.29 is 9.53 Å². The third-order valence-electron chi connectivity index (χ3n) is 6.01. The first kappa shape index (κ1) is 23.7. The van der Waals surface area contributed by atoms with Gasteiger partial charge in [0.25, 0.3) is 0 Å². The Kier molecular flexibility index (Phi) is 11.8. The van der Waals surface area contributed by atoms with Gasteiger partial charge in [-0.25, -0.2) is 0 Å². The van der Waals surface area contributed by atoms with Gasteiger partial charge in [0, 0.05) is 32.2 Å². The minimum atomic E-state index is 0.196. The highest BCUT2D eigenvalue weighted by atomic mass is 16.5. The second-order valence-corrected chi connectivity index (χ2v) is 8.63. The number of carbonyl (C=O) groups excluding carboxylic acids is 1. The Morgan fingerprint density at radius 3 is 2.14 bits per heavy atom. The third-order valence-corrected chi connectivity index (χ3v) is 6.01. The van der Waals surface area contributed by atoms with Gasteiger partial charge >= 0.3 is 0 Å². The lowest BCUT2D eigenvalue weighted by molar-refractivity contribution is -0.125. The molecule has 1 saturated carbocycles. The van der Waals surface area contributed by atoms with Gasteiger partial charge in [-0.05, 0) is 30.9 Å². The van der Waals surface area contributed by atoms with Gasteiger partial charge in [-0.1, -0.05) is 76.0 Å². The van der Waals surface area contributed by atoms with Crippen LogP contribution in [0.5, 0.6) is 0 Å². The monoisotopic (exact) mass is 402 g/mol. The average Bonchev–Trinajstić information content (AvgIpc) is 2.71. The molecule has 0 saturated heterocycles. The molecule has 0 bridgehead atoms. The lowest BCUT2D eigenvalue weighted by atomic mass is 9.92. The Balaban J connectivity index is 1.63. The van der Waals surface area contributed by atoms with Crippen molar-refractivity contribution in [2.24, 2.45) is 5.92 Å². The molecule has 4 nitrogen and oxygen atoms in total. The molecule has 1 fully saturated rings. The molecule has 29 heavy (non-hydrogen) atoms. The van der Waals surface area contributed by atoms with Crippen LogP contribution in [-0.2, 0) is 16.0 Å². The van der Waals surface area contributed by atoms with Crippen LogP contribution >= 0.6 is 0 Å². The number of para-hydroxylation sites is 1. The molecular formula is C25H42N2O2. The number of ether oxygens (including phenoxy) is 1. The maximum atomic E-state index is 12.6. The van der Waals surface area contributed by atoms with E-state index in [2.05, 4.69) is 48.6 Å². The smallest absolute Gasteiger partial charge is 0.223 e. The normalized spacial score (nSPS) is 17.2. The van der Waals surface area contributed by atoms with Crippen LogP contribution in [0.1, 0.15) is 76.2 Å². The van der Waals surface area contributed by atoms with Gasteiger partial charge in [-0.2, -0.15) is 0 Å². The molecule has 0 spiro atoms. The molecule has 2 rings (SSSR count). The zero-order valence-corrected chi connectivity index (χ0v) is 18.8. The molecule has 1 aromatic carbocycles. The molecule has 1 aliphatic carbocycles. The summed E-state index contributed by atoms with van der Waals surface area (Å²) in [5.74, 6) is 0.435. The highest BCUT2D eigenvalue weighted by Crippen LogP contribution is 2.21. The fourth-order valence-corrected chi connectivity index (χ4v) is 4.26. The number of nitrogens with zero attached hydrogens (tertiary/aromatic N) is 1. The number of carbonyl (C=O) groups is 1. The highest BCUT2D eigenvalue weighted by Gasteiger charge is 2.17. The Morgan fingerprint density at radius 1 is 0.931 bits per heavy atom. The second kappa shape index (κ2) is 14.4. The summed E-state index contributed by atoms with van der Waals surface area (Å²) < 4.78 is 5.79. The lowest BCUT2D eigenvalue weighted by Crippen LogP contribution is -2.33. The summed E-state index contributed by atoms with van der Waals surface area (Å²) in [7, 11) is 4.13. The van der Waals surface area contributed by atoms with E-state index in [0.717, 1.165) is 19.3 Å². The van der Waals surface area contributed by atoms with Crippen molar-refractivity contribution in [1.29, 1.82) is 0 Å². The van der Waals surface area contributed by atoms with Crippen LogP contribution in [0.3, 0.4) is 0 Å². The van der Waals surface area contributed by atoms with Gasteiger partial charge in [0.15, 0.2) is 0 Å². The predicted octanol–water partition coefficient (Wildman–Crippen LogP) is 5.35. The summed E-state index contributed by atoms with van der Waals surface area (Å²) in [6.45, 7) is 1.89. The molecule has 0 atom stereocenters. The van der Waals surface area contributed by atoms with Crippen molar-refractivity contribution in [3.05, 3.63) is 29.8 Å². The Morgan fingerprint density at radius 2 is 1.52 bits per heavy atom. The number of amides is 1. The summed E-state index contributed by atoms with van der Waals surface area (Å²) in [5, 5.41) is 3.12. The first-order valence-electron chi connectivity index (χ1n) is 11.8. The molecule has 1 aliphatic rings. The average molecular weight is 403 g/mol. The van der Waals surface area contributed by atoms with Gasteiger partial charge in [0.1, 0.15) is 0 Å². The largest absolute Gasteiger partial charge is 0.379 e. The van der Waals surface area contributed by atoms with Crippen LogP contribution in [0.15, 0.2) is 24.3 Å². The van der Waals surface area contributed by atoms with Crippen LogP contribution in [0.4, 0.5) is 5.69 Å². The van der Waals surface area contributed by atoms with Crippen LogP contribution in [0.25, 0.3) is 0 Å². The molecule has 0 unspecified atom stereocenters. The van der Waals surface area contributed by atoms with E-state index in [0.29, 0.717) is 19.8 Å². The molecule has 0 heterocycles. The van der Waals surface area contributed by atoms with Crippen LogP contribution in [-0.4, -0.2) is 39.8 Å².